The van der Waals surface area contributed by atoms with Crippen LogP contribution in [0.15, 0.2) is 15.2 Å². The second kappa shape index (κ2) is 4.97. The van der Waals surface area contributed by atoms with Crippen molar-refractivity contribution in [2.45, 2.75) is 24.7 Å². The normalized spacial score (nSPS) is 11.5. The molecule has 0 aliphatic heterocycles. The minimum Gasteiger partial charge on any atom is -0.340 e. The molecule has 1 aromatic rings. The number of amides is 1. The van der Waals surface area contributed by atoms with E-state index in [-0.39, 0.29) is 5.91 Å². The molecule has 0 fully saturated rings. The van der Waals surface area contributed by atoms with Crippen LogP contribution < -0.4 is 0 Å². The molecule has 2 nitrogen and oxygen atoms in total. The maximum absolute atomic E-state index is 11.8. The molecule has 0 radical (unpaired) electrons. The highest BCUT2D eigenvalue weighted by Gasteiger charge is 2.26. The van der Waals surface area contributed by atoms with Crippen LogP contribution in [0.4, 0.5) is 0 Å². The SMILES string of the molecule is CN(Cc1csc(Br)c1)C(=O)C(C)(C)Br. The van der Waals surface area contributed by atoms with Crippen molar-refractivity contribution in [3.63, 3.8) is 0 Å². The van der Waals surface area contributed by atoms with Crippen LogP contribution in [0.1, 0.15) is 19.4 Å². The summed E-state index contributed by atoms with van der Waals surface area (Å²) in [4.78, 5) is 13.6. The molecule has 0 bridgehead atoms. The number of alkyl halides is 1. The molecular weight excluding hydrogens is 342 g/mol. The molecule has 0 spiro atoms. The first-order valence-electron chi connectivity index (χ1n) is 4.48. The topological polar surface area (TPSA) is 20.3 Å². The molecule has 1 heterocycles. The van der Waals surface area contributed by atoms with Gasteiger partial charge in [-0.1, -0.05) is 15.9 Å². The van der Waals surface area contributed by atoms with Gasteiger partial charge in [-0.25, -0.2) is 0 Å². The van der Waals surface area contributed by atoms with Gasteiger partial charge in [0.05, 0.1) is 8.11 Å². The molecule has 0 saturated carbocycles. The largest absolute Gasteiger partial charge is 0.340 e. The zero-order chi connectivity index (χ0) is 11.6. The minimum absolute atomic E-state index is 0.0878. The van der Waals surface area contributed by atoms with E-state index in [1.54, 1.807) is 16.2 Å². The lowest BCUT2D eigenvalue weighted by Crippen LogP contribution is -2.38. The van der Waals surface area contributed by atoms with Gasteiger partial charge in [0.25, 0.3) is 0 Å². The van der Waals surface area contributed by atoms with Gasteiger partial charge in [-0.2, -0.15) is 0 Å². The fourth-order valence-electron chi connectivity index (χ4n) is 1.23. The minimum atomic E-state index is -0.491. The monoisotopic (exact) mass is 353 g/mol. The lowest BCUT2D eigenvalue weighted by Gasteiger charge is -2.24. The molecular formula is C10H13Br2NOS. The Labute approximate surface area is 111 Å². The summed E-state index contributed by atoms with van der Waals surface area (Å²) in [5.74, 6) is 0.0878. The van der Waals surface area contributed by atoms with Crippen molar-refractivity contribution in [3.05, 3.63) is 20.8 Å². The number of thiophene rings is 1. The molecule has 84 valence electrons. The molecule has 15 heavy (non-hydrogen) atoms. The molecule has 1 amide bonds. The van der Waals surface area contributed by atoms with Crippen LogP contribution in [0.25, 0.3) is 0 Å². The highest BCUT2D eigenvalue weighted by Crippen LogP contribution is 2.23. The first-order chi connectivity index (χ1) is 6.80. The van der Waals surface area contributed by atoms with E-state index in [1.807, 2.05) is 27.0 Å². The van der Waals surface area contributed by atoms with E-state index in [0.717, 1.165) is 9.35 Å². The Balaban J connectivity index is 2.64. The smallest absolute Gasteiger partial charge is 0.238 e. The second-order valence-corrected chi connectivity index (χ2v) is 8.17. The van der Waals surface area contributed by atoms with E-state index in [2.05, 4.69) is 37.2 Å². The van der Waals surface area contributed by atoms with E-state index in [0.29, 0.717) is 6.54 Å². The van der Waals surface area contributed by atoms with Crippen molar-refractivity contribution in [2.75, 3.05) is 7.05 Å². The molecule has 1 aromatic heterocycles. The molecule has 0 unspecified atom stereocenters. The summed E-state index contributed by atoms with van der Waals surface area (Å²) in [6.07, 6.45) is 0. The Kier molecular flexibility index (Phi) is 4.38. The standard InChI is InChI=1S/C10H13Br2NOS/c1-10(2,12)9(14)13(3)5-7-4-8(11)15-6-7/h4,6H,5H2,1-3H3. The lowest BCUT2D eigenvalue weighted by atomic mass is 10.2. The van der Waals surface area contributed by atoms with E-state index in [1.165, 1.54) is 0 Å². The van der Waals surface area contributed by atoms with Crippen molar-refractivity contribution in [3.8, 4) is 0 Å². The fourth-order valence-corrected chi connectivity index (χ4v) is 2.73. The number of hydrogen-bond acceptors (Lipinski definition) is 2. The van der Waals surface area contributed by atoms with Gasteiger partial charge in [0.2, 0.25) is 5.91 Å². The summed E-state index contributed by atoms with van der Waals surface area (Å²) in [6, 6.07) is 2.04. The van der Waals surface area contributed by atoms with E-state index in [4.69, 9.17) is 0 Å². The predicted octanol–water partition coefficient (Wildman–Crippen LogP) is 3.64. The first-order valence-corrected chi connectivity index (χ1v) is 6.94. The van der Waals surface area contributed by atoms with Crippen LogP contribution >= 0.6 is 43.2 Å². The molecule has 5 heteroatoms. The number of hydrogen-bond donors (Lipinski definition) is 0. The summed E-state index contributed by atoms with van der Waals surface area (Å²) in [6.45, 7) is 4.36. The Morgan fingerprint density at radius 1 is 1.60 bits per heavy atom. The van der Waals surface area contributed by atoms with Crippen molar-refractivity contribution >= 4 is 49.1 Å². The van der Waals surface area contributed by atoms with Gasteiger partial charge in [-0.15, -0.1) is 11.3 Å². The fraction of sp³-hybridized carbons (Fsp3) is 0.500. The first kappa shape index (κ1) is 13.2. The van der Waals surface area contributed by atoms with Gasteiger partial charge in [0, 0.05) is 13.6 Å². The molecule has 0 aromatic carbocycles. The van der Waals surface area contributed by atoms with E-state index < -0.39 is 4.32 Å². The highest BCUT2D eigenvalue weighted by molar-refractivity contribution is 9.11. The van der Waals surface area contributed by atoms with Gasteiger partial charge in [-0.3, -0.25) is 4.79 Å². The average Bonchev–Trinajstić information content (AvgIpc) is 2.48. The van der Waals surface area contributed by atoms with Gasteiger partial charge < -0.3 is 4.90 Å². The highest BCUT2D eigenvalue weighted by atomic mass is 79.9. The average molecular weight is 355 g/mol. The third-order valence-corrected chi connectivity index (χ3v) is 3.79. The van der Waals surface area contributed by atoms with Crippen LogP contribution in [-0.4, -0.2) is 22.2 Å². The van der Waals surface area contributed by atoms with Crippen LogP contribution in [0.2, 0.25) is 0 Å². The Bertz CT molecular complexity index is 357. The molecule has 0 atom stereocenters. The predicted molar refractivity (Wildman–Crippen MR) is 71.5 cm³/mol. The molecule has 0 N–H and O–H groups in total. The third-order valence-electron chi connectivity index (χ3n) is 1.90. The van der Waals surface area contributed by atoms with E-state index >= 15 is 0 Å². The second-order valence-electron chi connectivity index (χ2n) is 3.89. The van der Waals surface area contributed by atoms with Crippen LogP contribution in [0.3, 0.4) is 0 Å². The van der Waals surface area contributed by atoms with Crippen molar-refractivity contribution in [2.24, 2.45) is 0 Å². The summed E-state index contributed by atoms with van der Waals surface area (Å²) in [5, 5.41) is 2.05. The zero-order valence-electron chi connectivity index (χ0n) is 8.88. The van der Waals surface area contributed by atoms with Crippen LogP contribution in [0, 0.1) is 0 Å². The van der Waals surface area contributed by atoms with Crippen molar-refractivity contribution in [1.29, 1.82) is 0 Å². The molecule has 0 saturated heterocycles. The quantitative estimate of drug-likeness (QED) is 0.759. The summed E-state index contributed by atoms with van der Waals surface area (Å²) < 4.78 is 0.603. The Morgan fingerprint density at radius 3 is 2.60 bits per heavy atom. The molecule has 0 aliphatic rings. The van der Waals surface area contributed by atoms with Crippen LogP contribution in [0.5, 0.6) is 0 Å². The number of carbonyl (C=O) groups is 1. The lowest BCUT2D eigenvalue weighted by molar-refractivity contribution is -0.131. The van der Waals surface area contributed by atoms with Crippen molar-refractivity contribution < 1.29 is 4.79 Å². The molecule has 1 rings (SSSR count). The Morgan fingerprint density at radius 2 is 2.20 bits per heavy atom. The molecule has 0 aliphatic carbocycles. The van der Waals surface area contributed by atoms with Crippen LogP contribution in [-0.2, 0) is 11.3 Å². The summed E-state index contributed by atoms with van der Waals surface area (Å²) >= 11 is 8.40. The number of carbonyl (C=O) groups excluding carboxylic acids is 1. The maximum atomic E-state index is 11.8. The summed E-state index contributed by atoms with van der Waals surface area (Å²) in [7, 11) is 1.82. The third kappa shape index (κ3) is 3.89. The number of nitrogens with zero attached hydrogens (tertiary/aromatic N) is 1. The van der Waals surface area contributed by atoms with Crippen molar-refractivity contribution in [1.82, 2.24) is 4.90 Å². The van der Waals surface area contributed by atoms with Gasteiger partial charge in [0.1, 0.15) is 0 Å². The number of rotatable bonds is 3. The summed E-state index contributed by atoms with van der Waals surface area (Å²) in [5.41, 5.74) is 1.15. The number of halogens is 2. The van der Waals surface area contributed by atoms with Gasteiger partial charge in [0.15, 0.2) is 0 Å². The van der Waals surface area contributed by atoms with Gasteiger partial charge >= 0.3 is 0 Å². The Hall–Kier alpha value is 0.130. The van der Waals surface area contributed by atoms with Gasteiger partial charge in [-0.05, 0) is 46.8 Å². The maximum Gasteiger partial charge on any atom is 0.238 e. The zero-order valence-corrected chi connectivity index (χ0v) is 12.9. The van der Waals surface area contributed by atoms with E-state index in [9.17, 15) is 4.79 Å².